The summed E-state index contributed by atoms with van der Waals surface area (Å²) in [5.74, 6) is 2.21. The van der Waals surface area contributed by atoms with Crippen molar-refractivity contribution in [1.82, 2.24) is 39.9 Å². The Morgan fingerprint density at radius 3 is 0.745 bits per heavy atom. The van der Waals surface area contributed by atoms with Crippen molar-refractivity contribution >= 4 is 81.4 Å². The SMILES string of the molecule is CC.CC.CC.CC.II.[Cu+2].c1ccc2c(c1)-c1nc-2nc2[n-]c(nc3nc(nc4[n-]c(n1)c1ccccc41)-c1ccccc1-3)c1ccccc21. The molecule has 8 bridgehead atoms. The van der Waals surface area contributed by atoms with Gasteiger partial charge in [-0.25, -0.2) is 9.97 Å². The van der Waals surface area contributed by atoms with E-state index in [0.29, 0.717) is 45.9 Å². The van der Waals surface area contributed by atoms with Gasteiger partial charge in [0.05, 0.1) is 23.3 Å². The van der Waals surface area contributed by atoms with Gasteiger partial charge in [-0.1, -0.05) is 152 Å². The molecule has 0 aliphatic carbocycles. The molecule has 0 saturated heterocycles. The van der Waals surface area contributed by atoms with Gasteiger partial charge in [0.25, 0.3) is 0 Å². The van der Waals surface area contributed by atoms with Crippen LogP contribution in [0, 0.1) is 0 Å². The second kappa shape index (κ2) is 20.3. The third-order valence-corrected chi connectivity index (χ3v) is 7.33. The zero-order chi connectivity index (χ0) is 36.2. The van der Waals surface area contributed by atoms with Gasteiger partial charge in [0.1, 0.15) is 0 Å². The molecule has 0 N–H and O–H groups in total. The zero-order valence-electron chi connectivity index (χ0n) is 29.9. The van der Waals surface area contributed by atoms with Crippen molar-refractivity contribution in [2.75, 3.05) is 0 Å². The fourth-order valence-electron chi connectivity index (χ4n) is 5.46. The largest absolute Gasteiger partial charge is 2.00 e. The molecule has 0 unspecified atom stereocenters. The fourth-order valence-corrected chi connectivity index (χ4v) is 5.46. The predicted molar refractivity (Wildman–Crippen MR) is 227 cm³/mol. The Labute approximate surface area is 333 Å². The summed E-state index contributed by atoms with van der Waals surface area (Å²) in [6.45, 7) is 16.0. The number of nitrogens with zero attached hydrogens (tertiary/aromatic N) is 8. The van der Waals surface area contributed by atoms with Crippen molar-refractivity contribution in [2.24, 2.45) is 0 Å². The van der Waals surface area contributed by atoms with E-state index in [9.17, 15) is 0 Å². The van der Waals surface area contributed by atoms with Gasteiger partial charge in [0, 0.05) is 82.1 Å². The Kier molecular flexibility index (Phi) is 16.6. The minimum atomic E-state index is 0. The van der Waals surface area contributed by atoms with Gasteiger partial charge in [-0.3, -0.25) is 0 Å². The summed E-state index contributed by atoms with van der Waals surface area (Å²) in [7, 11) is 0. The van der Waals surface area contributed by atoms with Crippen LogP contribution >= 0.6 is 37.2 Å². The van der Waals surface area contributed by atoms with E-state index < -0.39 is 0 Å². The number of hydrogen-bond donors (Lipinski definition) is 0. The van der Waals surface area contributed by atoms with Crippen LogP contribution in [0.3, 0.4) is 0 Å². The average Bonchev–Trinajstić information content (AvgIpc) is 3.95. The van der Waals surface area contributed by atoms with Crippen LogP contribution in [-0.2, 0) is 17.1 Å². The summed E-state index contributed by atoms with van der Waals surface area (Å²) < 4.78 is 0. The number of benzene rings is 4. The first-order valence-electron chi connectivity index (χ1n) is 17.0. The molecule has 2 aliphatic heterocycles. The predicted octanol–water partition coefficient (Wildman–Crippen LogP) is 12.0. The number of fused-ring (bicyclic) bond motifs is 20. The first-order valence-corrected chi connectivity index (χ1v) is 23.3. The van der Waals surface area contributed by atoms with Gasteiger partial charge in [-0.15, -0.1) is 0 Å². The van der Waals surface area contributed by atoms with Crippen LogP contribution in [0.25, 0.3) is 89.7 Å². The summed E-state index contributed by atoms with van der Waals surface area (Å²) in [4.78, 5) is 39.3. The van der Waals surface area contributed by atoms with Gasteiger partial charge in [-0.05, 0) is 21.5 Å². The molecule has 0 saturated carbocycles. The molecule has 51 heavy (non-hydrogen) atoms. The summed E-state index contributed by atoms with van der Waals surface area (Å²) in [5, 5.41) is 3.57. The zero-order valence-corrected chi connectivity index (χ0v) is 35.1. The summed E-state index contributed by atoms with van der Waals surface area (Å²) in [6.07, 6.45) is 0. The molecule has 0 fully saturated rings. The molecule has 2 aliphatic rings. The van der Waals surface area contributed by atoms with Crippen LogP contribution < -0.4 is 9.97 Å². The smallest absolute Gasteiger partial charge is 0.357 e. The molecule has 9 rings (SSSR count). The Hall–Kier alpha value is -3.78. The van der Waals surface area contributed by atoms with E-state index in [1.807, 2.05) is 152 Å². The van der Waals surface area contributed by atoms with Gasteiger partial charge < -0.3 is 29.9 Å². The molecule has 11 heteroatoms. The van der Waals surface area contributed by atoms with Crippen molar-refractivity contribution < 1.29 is 17.1 Å². The number of rotatable bonds is 0. The Morgan fingerprint density at radius 1 is 0.333 bits per heavy atom. The molecule has 0 spiro atoms. The molecular formula is C40H40CuI2N8. The van der Waals surface area contributed by atoms with Gasteiger partial charge in [0.2, 0.25) is 0 Å². The van der Waals surface area contributed by atoms with Gasteiger partial charge >= 0.3 is 17.1 Å². The molecule has 5 heterocycles. The Morgan fingerprint density at radius 2 is 0.529 bits per heavy atom. The first-order chi connectivity index (χ1) is 24.8. The van der Waals surface area contributed by atoms with E-state index in [1.165, 1.54) is 0 Å². The fraction of sp³-hybridized carbons (Fsp3) is 0.200. The number of halogens is 2. The standard InChI is InChI=1S/C32H16N8.4C2H6.Cu.I2/c1-2-10-18-17(9-1)25-33-26(18)38-28-21-13-5-6-14-22(21)30(35-28)40-32-24-16-8-7-15-23(24)31(36-32)39-29-20-12-4-3-11-19(20)27(34-29)37-25;4*1-2;;1-2/h1-16H;4*1-2H3;;/q-2;;;;;+2;. The van der Waals surface area contributed by atoms with E-state index in [1.54, 1.807) is 0 Å². The molecule has 265 valence electrons. The molecule has 1 radical (unpaired) electrons. The molecule has 4 aromatic carbocycles. The van der Waals surface area contributed by atoms with E-state index in [-0.39, 0.29) is 17.1 Å². The summed E-state index contributed by atoms with van der Waals surface area (Å²) in [5.41, 5.74) is 5.78. The van der Waals surface area contributed by atoms with Crippen LogP contribution in [0.15, 0.2) is 97.1 Å². The normalized spacial score (nSPS) is 10.0. The van der Waals surface area contributed by atoms with Crippen molar-refractivity contribution in [3.05, 3.63) is 97.1 Å². The van der Waals surface area contributed by atoms with E-state index in [2.05, 4.69) is 37.2 Å². The number of hydrogen-bond acceptors (Lipinski definition) is 6. The topological polar surface area (TPSA) is 106 Å². The maximum atomic E-state index is 4.95. The van der Waals surface area contributed by atoms with Crippen LogP contribution in [0.2, 0.25) is 0 Å². The monoisotopic (exact) mass is 949 g/mol. The van der Waals surface area contributed by atoms with Crippen molar-refractivity contribution in [3.63, 3.8) is 0 Å². The maximum absolute atomic E-state index is 4.95. The van der Waals surface area contributed by atoms with Crippen LogP contribution in [0.4, 0.5) is 0 Å². The molecule has 8 nitrogen and oxygen atoms in total. The van der Waals surface area contributed by atoms with Crippen LogP contribution in [0.1, 0.15) is 55.4 Å². The van der Waals surface area contributed by atoms with E-state index in [0.717, 1.165) is 43.8 Å². The second-order valence-corrected chi connectivity index (χ2v) is 9.67. The number of aromatic nitrogens is 8. The minimum Gasteiger partial charge on any atom is -0.357 e. The van der Waals surface area contributed by atoms with Crippen LogP contribution in [0.5, 0.6) is 0 Å². The third-order valence-electron chi connectivity index (χ3n) is 7.33. The molecule has 3 aromatic heterocycles. The van der Waals surface area contributed by atoms with Crippen LogP contribution in [-0.4, -0.2) is 29.9 Å². The third kappa shape index (κ3) is 8.32. The second-order valence-electron chi connectivity index (χ2n) is 9.67. The molecule has 0 atom stereocenters. The first kappa shape index (κ1) is 41.6. The summed E-state index contributed by atoms with van der Waals surface area (Å²) in [6, 6.07) is 31.8. The van der Waals surface area contributed by atoms with Crippen molar-refractivity contribution in [2.45, 2.75) is 55.4 Å². The van der Waals surface area contributed by atoms with Gasteiger partial charge in [-0.2, -0.15) is 0 Å². The molecular weight excluding hydrogens is 910 g/mol. The van der Waals surface area contributed by atoms with Gasteiger partial charge in [0.15, 0.2) is 0 Å². The van der Waals surface area contributed by atoms with E-state index >= 15 is 0 Å². The quantitative estimate of drug-likeness (QED) is 0.109. The minimum absolute atomic E-state index is 0. The Bertz CT molecular complexity index is 2050. The van der Waals surface area contributed by atoms with Crippen molar-refractivity contribution in [1.29, 1.82) is 0 Å². The maximum Gasteiger partial charge on any atom is 2.00 e. The van der Waals surface area contributed by atoms with E-state index in [4.69, 9.17) is 39.9 Å². The molecule has 7 aromatic rings. The molecule has 0 amide bonds. The van der Waals surface area contributed by atoms with Crippen molar-refractivity contribution in [3.8, 4) is 45.6 Å². The summed E-state index contributed by atoms with van der Waals surface area (Å²) >= 11 is 4.24. The average molecular weight is 950 g/mol. The Balaban J connectivity index is 0.000000592.